The molecular weight excluding hydrogens is 242 g/mol. The fraction of sp³-hybridized carbons (Fsp3) is 0.909. The summed E-state index contributed by atoms with van der Waals surface area (Å²) in [5, 5.41) is 8.94. The summed E-state index contributed by atoms with van der Waals surface area (Å²) in [4.78, 5) is 13.7. The minimum atomic E-state index is -3.08. The van der Waals surface area contributed by atoms with Crippen LogP contribution in [0.25, 0.3) is 0 Å². The molecule has 1 unspecified atom stereocenters. The molecule has 1 rings (SSSR count). The van der Waals surface area contributed by atoms with Gasteiger partial charge in [0.2, 0.25) is 5.91 Å². The highest BCUT2D eigenvalue weighted by Crippen LogP contribution is 2.20. The second-order valence-corrected chi connectivity index (χ2v) is 6.89. The number of sulfone groups is 1. The lowest BCUT2D eigenvalue weighted by atomic mass is 9.99. The molecule has 0 bridgehead atoms. The maximum atomic E-state index is 11.9. The van der Waals surface area contributed by atoms with Crippen molar-refractivity contribution in [2.45, 2.75) is 38.1 Å². The lowest BCUT2D eigenvalue weighted by molar-refractivity contribution is -0.134. The Hall–Kier alpha value is -0.620. The molecule has 0 spiro atoms. The monoisotopic (exact) mass is 263 g/mol. The molecule has 100 valence electrons. The van der Waals surface area contributed by atoms with Gasteiger partial charge in [0.15, 0.2) is 0 Å². The first-order chi connectivity index (χ1) is 7.94. The zero-order valence-electron chi connectivity index (χ0n) is 10.3. The van der Waals surface area contributed by atoms with Crippen LogP contribution in [0.4, 0.5) is 0 Å². The molecule has 0 aromatic carbocycles. The van der Waals surface area contributed by atoms with E-state index in [1.807, 2.05) is 0 Å². The number of piperidine rings is 1. The van der Waals surface area contributed by atoms with Crippen LogP contribution in [-0.2, 0) is 14.6 Å². The third-order valence-electron chi connectivity index (χ3n) is 3.10. The molecule has 0 aliphatic carbocycles. The Bertz CT molecular complexity index is 350. The Kier molecular flexibility index (Phi) is 5.39. The van der Waals surface area contributed by atoms with Crippen molar-refractivity contribution in [2.24, 2.45) is 0 Å². The van der Waals surface area contributed by atoms with Crippen LogP contribution in [-0.4, -0.2) is 55.5 Å². The van der Waals surface area contributed by atoms with Gasteiger partial charge in [-0.1, -0.05) is 0 Å². The van der Waals surface area contributed by atoms with Gasteiger partial charge in [0.05, 0.1) is 5.75 Å². The average Bonchev–Trinajstić information content (AvgIpc) is 2.26. The Morgan fingerprint density at radius 1 is 1.41 bits per heavy atom. The topological polar surface area (TPSA) is 74.7 Å². The number of aliphatic hydroxyl groups is 1. The molecule has 6 heteroatoms. The second kappa shape index (κ2) is 6.35. The fourth-order valence-corrected chi connectivity index (χ4v) is 2.74. The zero-order valence-corrected chi connectivity index (χ0v) is 11.1. The smallest absolute Gasteiger partial charge is 0.223 e. The van der Waals surface area contributed by atoms with E-state index in [2.05, 4.69) is 0 Å². The van der Waals surface area contributed by atoms with Gasteiger partial charge in [-0.2, -0.15) is 0 Å². The zero-order chi connectivity index (χ0) is 12.9. The Balaban J connectivity index is 2.53. The predicted octanol–water partition coefficient (Wildman–Crippen LogP) is 0.185. The lowest BCUT2D eigenvalue weighted by Crippen LogP contribution is -2.44. The molecule has 0 aromatic heterocycles. The summed E-state index contributed by atoms with van der Waals surface area (Å²) in [6.45, 7) is 0.758. The van der Waals surface area contributed by atoms with Crippen molar-refractivity contribution in [1.29, 1.82) is 0 Å². The van der Waals surface area contributed by atoms with Gasteiger partial charge in [0.25, 0.3) is 0 Å². The Labute approximate surface area is 103 Å². The molecule has 1 saturated heterocycles. The number of hydrogen-bond acceptors (Lipinski definition) is 4. The van der Waals surface area contributed by atoms with Crippen LogP contribution in [0.15, 0.2) is 0 Å². The quantitative estimate of drug-likeness (QED) is 0.768. The number of aliphatic hydroxyl groups excluding tert-OH is 1. The number of nitrogens with zero attached hydrogens (tertiary/aromatic N) is 1. The minimum absolute atomic E-state index is 0.0563. The van der Waals surface area contributed by atoms with Crippen molar-refractivity contribution < 1.29 is 18.3 Å². The third kappa shape index (κ3) is 5.04. The van der Waals surface area contributed by atoms with Crippen molar-refractivity contribution in [3.63, 3.8) is 0 Å². The van der Waals surface area contributed by atoms with Crippen LogP contribution in [0.2, 0.25) is 0 Å². The fourth-order valence-electron chi connectivity index (χ4n) is 2.19. The molecule has 5 nitrogen and oxygen atoms in total. The van der Waals surface area contributed by atoms with Gasteiger partial charge in [-0.05, 0) is 25.7 Å². The normalized spacial score (nSPS) is 21.5. The summed E-state index contributed by atoms with van der Waals surface area (Å²) in [5.41, 5.74) is 0. The van der Waals surface area contributed by atoms with Gasteiger partial charge in [-0.3, -0.25) is 4.79 Å². The molecule has 0 radical (unpaired) electrons. The van der Waals surface area contributed by atoms with Crippen LogP contribution in [0.1, 0.15) is 32.1 Å². The summed E-state index contributed by atoms with van der Waals surface area (Å²) in [5.74, 6) is -0.192. The first-order valence-electron chi connectivity index (χ1n) is 6.02. The number of likely N-dealkylation sites (tertiary alicyclic amines) is 1. The minimum Gasteiger partial charge on any atom is -0.396 e. The second-order valence-electron chi connectivity index (χ2n) is 4.63. The molecule has 17 heavy (non-hydrogen) atoms. The van der Waals surface area contributed by atoms with Crippen molar-refractivity contribution in [2.75, 3.05) is 25.2 Å². The van der Waals surface area contributed by atoms with Crippen molar-refractivity contribution in [3.8, 4) is 0 Å². The number of amides is 1. The van der Waals surface area contributed by atoms with Gasteiger partial charge in [-0.15, -0.1) is 0 Å². The van der Waals surface area contributed by atoms with Crippen LogP contribution >= 0.6 is 0 Å². The van der Waals surface area contributed by atoms with Crippen LogP contribution in [0.3, 0.4) is 0 Å². The van der Waals surface area contributed by atoms with Crippen LogP contribution in [0.5, 0.6) is 0 Å². The summed E-state index contributed by atoms with van der Waals surface area (Å²) >= 11 is 0. The van der Waals surface area contributed by atoms with E-state index in [1.54, 1.807) is 4.90 Å². The van der Waals surface area contributed by atoms with E-state index in [4.69, 9.17) is 5.11 Å². The standard InChI is InChI=1S/C11H21NO4S/c1-17(15,16)9-6-11(14)12-7-3-2-4-10(12)5-8-13/h10,13H,2-9H2,1H3. The van der Waals surface area contributed by atoms with E-state index in [1.165, 1.54) is 0 Å². The number of hydrogen-bond donors (Lipinski definition) is 1. The van der Waals surface area contributed by atoms with Gasteiger partial charge in [0, 0.05) is 31.9 Å². The summed E-state index contributed by atoms with van der Waals surface area (Å²) in [6, 6.07) is 0.0841. The highest BCUT2D eigenvalue weighted by molar-refractivity contribution is 7.90. The van der Waals surface area contributed by atoms with Crippen molar-refractivity contribution >= 4 is 15.7 Å². The first kappa shape index (κ1) is 14.4. The Morgan fingerprint density at radius 2 is 2.12 bits per heavy atom. The summed E-state index contributed by atoms with van der Waals surface area (Å²) in [6.07, 6.45) is 4.73. The molecule has 1 atom stereocenters. The van der Waals surface area contributed by atoms with Crippen molar-refractivity contribution in [1.82, 2.24) is 4.90 Å². The van der Waals surface area contributed by atoms with Gasteiger partial charge in [-0.25, -0.2) is 8.42 Å². The SMILES string of the molecule is CS(=O)(=O)CCC(=O)N1CCCCC1CCO. The molecule has 1 fully saturated rings. The maximum absolute atomic E-state index is 11.9. The largest absolute Gasteiger partial charge is 0.396 e. The number of carbonyl (C=O) groups excluding carboxylic acids is 1. The molecule has 1 N–H and O–H groups in total. The van der Waals surface area contributed by atoms with Crippen LogP contribution in [0, 0.1) is 0 Å². The first-order valence-corrected chi connectivity index (χ1v) is 8.08. The van der Waals surface area contributed by atoms with E-state index in [0.717, 1.165) is 25.5 Å². The number of rotatable bonds is 5. The van der Waals surface area contributed by atoms with E-state index < -0.39 is 9.84 Å². The maximum Gasteiger partial charge on any atom is 0.223 e. The summed E-state index contributed by atoms with van der Waals surface area (Å²) in [7, 11) is -3.08. The highest BCUT2D eigenvalue weighted by atomic mass is 32.2. The third-order valence-corrected chi connectivity index (χ3v) is 4.04. The average molecular weight is 263 g/mol. The molecule has 0 saturated carbocycles. The van der Waals surface area contributed by atoms with Gasteiger partial charge >= 0.3 is 0 Å². The lowest BCUT2D eigenvalue weighted by Gasteiger charge is -2.35. The van der Waals surface area contributed by atoms with Crippen LogP contribution < -0.4 is 0 Å². The number of carbonyl (C=O) groups is 1. The van der Waals surface area contributed by atoms with Gasteiger partial charge in [0.1, 0.15) is 9.84 Å². The molecule has 1 aliphatic rings. The molecule has 1 heterocycles. The molecule has 1 aliphatic heterocycles. The van der Waals surface area contributed by atoms with E-state index in [0.29, 0.717) is 13.0 Å². The summed E-state index contributed by atoms with van der Waals surface area (Å²) < 4.78 is 22.0. The van der Waals surface area contributed by atoms with E-state index in [9.17, 15) is 13.2 Å². The predicted molar refractivity (Wildman–Crippen MR) is 65.4 cm³/mol. The molecule has 1 amide bonds. The molecule has 0 aromatic rings. The van der Waals surface area contributed by atoms with Gasteiger partial charge < -0.3 is 10.0 Å². The molecular formula is C11H21NO4S. The van der Waals surface area contributed by atoms with E-state index >= 15 is 0 Å². The van der Waals surface area contributed by atoms with Crippen molar-refractivity contribution in [3.05, 3.63) is 0 Å². The van der Waals surface area contributed by atoms with E-state index in [-0.39, 0.29) is 30.7 Å². The highest BCUT2D eigenvalue weighted by Gasteiger charge is 2.26. The Morgan fingerprint density at radius 3 is 2.71 bits per heavy atom.